The summed E-state index contributed by atoms with van der Waals surface area (Å²) in [5.74, 6) is 0.180. The van der Waals surface area contributed by atoms with E-state index in [0.29, 0.717) is 18.1 Å². The van der Waals surface area contributed by atoms with Crippen molar-refractivity contribution in [1.29, 1.82) is 0 Å². The van der Waals surface area contributed by atoms with Gasteiger partial charge >= 0.3 is 5.69 Å². The first-order valence-electron chi connectivity index (χ1n) is 5.61. The number of aromatic nitrogens is 2. The molecular formula is C12H12ClN3O3. The number of aryl methyl sites for hydroxylation is 1. The first-order chi connectivity index (χ1) is 9.08. The fraction of sp³-hybridized carbons (Fsp3) is 0.250. The molecule has 1 aromatic carbocycles. The molecule has 0 aliphatic carbocycles. The molecule has 0 bridgehead atoms. The summed E-state index contributed by atoms with van der Waals surface area (Å²) in [4.78, 5) is 10.4. The highest BCUT2D eigenvalue weighted by Crippen LogP contribution is 2.29. The van der Waals surface area contributed by atoms with Crippen LogP contribution in [-0.2, 0) is 13.5 Å². The Morgan fingerprint density at radius 1 is 1.47 bits per heavy atom. The summed E-state index contributed by atoms with van der Waals surface area (Å²) in [7, 11) is 1.83. The third-order valence-corrected chi connectivity index (χ3v) is 2.89. The van der Waals surface area contributed by atoms with E-state index in [1.165, 1.54) is 18.2 Å². The lowest BCUT2D eigenvalue weighted by atomic mass is 10.3. The molecule has 0 N–H and O–H groups in total. The normalized spacial score (nSPS) is 10.4. The summed E-state index contributed by atoms with van der Waals surface area (Å²) in [6, 6.07) is 6.12. The Morgan fingerprint density at radius 3 is 2.89 bits per heavy atom. The maximum Gasteiger partial charge on any atom is 0.311 e. The second kappa shape index (κ2) is 5.71. The molecule has 0 aliphatic heterocycles. The smallest absolute Gasteiger partial charge is 0.311 e. The maximum absolute atomic E-state index is 10.8. The zero-order valence-electron chi connectivity index (χ0n) is 10.2. The lowest BCUT2D eigenvalue weighted by Crippen LogP contribution is -2.07. The summed E-state index contributed by atoms with van der Waals surface area (Å²) >= 11 is 5.81. The second-order valence-electron chi connectivity index (χ2n) is 3.91. The minimum Gasteiger partial charge on any atom is -0.486 e. The second-order valence-corrected chi connectivity index (χ2v) is 4.35. The van der Waals surface area contributed by atoms with Gasteiger partial charge in [-0.3, -0.25) is 14.8 Å². The van der Waals surface area contributed by atoms with Crippen molar-refractivity contribution in [2.75, 3.05) is 6.61 Å². The first kappa shape index (κ1) is 13.4. The van der Waals surface area contributed by atoms with Crippen LogP contribution >= 0.6 is 11.6 Å². The van der Waals surface area contributed by atoms with Crippen molar-refractivity contribution in [3.8, 4) is 5.75 Å². The highest BCUT2D eigenvalue weighted by Gasteiger charge is 2.15. The van der Waals surface area contributed by atoms with E-state index in [-0.39, 0.29) is 11.4 Å². The van der Waals surface area contributed by atoms with Crippen molar-refractivity contribution < 1.29 is 9.66 Å². The van der Waals surface area contributed by atoms with Crippen LogP contribution in [0.4, 0.5) is 5.69 Å². The molecule has 0 spiro atoms. The van der Waals surface area contributed by atoms with E-state index < -0.39 is 4.92 Å². The van der Waals surface area contributed by atoms with Crippen molar-refractivity contribution in [2.45, 2.75) is 6.42 Å². The van der Waals surface area contributed by atoms with Gasteiger partial charge in [0.1, 0.15) is 0 Å². The van der Waals surface area contributed by atoms with Gasteiger partial charge < -0.3 is 4.74 Å². The molecule has 2 rings (SSSR count). The molecule has 0 aliphatic rings. The first-order valence-corrected chi connectivity index (χ1v) is 5.99. The van der Waals surface area contributed by atoms with E-state index in [1.54, 1.807) is 10.9 Å². The number of hydrogen-bond acceptors (Lipinski definition) is 4. The van der Waals surface area contributed by atoms with Gasteiger partial charge in [-0.2, -0.15) is 5.10 Å². The molecule has 0 atom stereocenters. The van der Waals surface area contributed by atoms with Crippen LogP contribution in [0.2, 0.25) is 5.02 Å². The minimum absolute atomic E-state index is 0.0885. The standard InChI is InChI=1S/C12H12ClN3O3/c1-15-10(4-6-14-15)5-7-19-12-8-9(13)2-3-11(12)16(17)18/h2-4,6,8H,5,7H2,1H3. The maximum atomic E-state index is 10.8. The lowest BCUT2D eigenvalue weighted by molar-refractivity contribution is -0.385. The zero-order valence-corrected chi connectivity index (χ0v) is 11.0. The van der Waals surface area contributed by atoms with Crippen molar-refractivity contribution in [3.63, 3.8) is 0 Å². The topological polar surface area (TPSA) is 70.2 Å². The number of nitrogens with zero attached hydrogens (tertiary/aromatic N) is 3. The van der Waals surface area contributed by atoms with Gasteiger partial charge in [0, 0.05) is 42.5 Å². The Morgan fingerprint density at radius 2 is 2.26 bits per heavy atom. The largest absolute Gasteiger partial charge is 0.486 e. The zero-order chi connectivity index (χ0) is 13.8. The fourth-order valence-corrected chi connectivity index (χ4v) is 1.83. The third-order valence-electron chi connectivity index (χ3n) is 2.66. The molecule has 7 heteroatoms. The van der Waals surface area contributed by atoms with Gasteiger partial charge in [0.05, 0.1) is 11.5 Å². The number of nitro groups is 1. The van der Waals surface area contributed by atoms with Crippen LogP contribution < -0.4 is 4.74 Å². The summed E-state index contributed by atoms with van der Waals surface area (Å²) in [6.45, 7) is 0.320. The van der Waals surface area contributed by atoms with E-state index in [9.17, 15) is 10.1 Å². The minimum atomic E-state index is -0.490. The molecule has 0 unspecified atom stereocenters. The number of ether oxygens (including phenoxy) is 1. The van der Waals surface area contributed by atoms with Crippen LogP contribution in [0, 0.1) is 10.1 Å². The summed E-state index contributed by atoms with van der Waals surface area (Å²) < 4.78 is 7.17. The van der Waals surface area contributed by atoms with Crippen molar-refractivity contribution in [1.82, 2.24) is 9.78 Å². The Kier molecular flexibility index (Phi) is 4.01. The van der Waals surface area contributed by atoms with Gasteiger partial charge in [0.2, 0.25) is 0 Å². The predicted molar refractivity (Wildman–Crippen MR) is 70.5 cm³/mol. The number of nitro benzene ring substituents is 1. The molecule has 0 saturated carbocycles. The molecule has 0 radical (unpaired) electrons. The monoisotopic (exact) mass is 281 g/mol. The number of benzene rings is 1. The number of halogens is 1. The highest BCUT2D eigenvalue weighted by molar-refractivity contribution is 6.30. The SMILES string of the molecule is Cn1nccc1CCOc1cc(Cl)ccc1[N+](=O)[O-]. The van der Waals surface area contributed by atoms with E-state index in [2.05, 4.69) is 5.10 Å². The Balaban J connectivity index is 2.05. The van der Waals surface area contributed by atoms with Crippen LogP contribution in [0.15, 0.2) is 30.5 Å². The quantitative estimate of drug-likeness (QED) is 0.624. The number of hydrogen-bond donors (Lipinski definition) is 0. The van der Waals surface area contributed by atoms with E-state index >= 15 is 0 Å². The summed E-state index contributed by atoms with van der Waals surface area (Å²) in [6.07, 6.45) is 2.30. The average Bonchev–Trinajstić information content (AvgIpc) is 2.75. The summed E-state index contributed by atoms with van der Waals surface area (Å²) in [5, 5.41) is 15.3. The molecule has 100 valence electrons. The fourth-order valence-electron chi connectivity index (χ4n) is 1.67. The van der Waals surface area contributed by atoms with Gasteiger partial charge in [0.25, 0.3) is 0 Å². The molecule has 2 aromatic rings. The van der Waals surface area contributed by atoms with E-state index in [0.717, 1.165) is 5.69 Å². The molecule has 6 nitrogen and oxygen atoms in total. The Hall–Kier alpha value is -2.08. The Bertz CT molecular complexity index is 598. The Labute approximate surface area is 114 Å². The summed E-state index contributed by atoms with van der Waals surface area (Å²) in [5.41, 5.74) is 0.902. The molecule has 1 heterocycles. The van der Waals surface area contributed by atoms with Gasteiger partial charge in [-0.15, -0.1) is 0 Å². The molecule has 19 heavy (non-hydrogen) atoms. The van der Waals surface area contributed by atoms with Crippen LogP contribution in [0.1, 0.15) is 5.69 Å². The van der Waals surface area contributed by atoms with Crippen LogP contribution in [0.25, 0.3) is 0 Å². The molecule has 0 saturated heterocycles. The van der Waals surface area contributed by atoms with E-state index in [1.807, 2.05) is 13.1 Å². The van der Waals surface area contributed by atoms with Crippen molar-refractivity contribution >= 4 is 17.3 Å². The van der Waals surface area contributed by atoms with Gasteiger partial charge in [-0.05, 0) is 12.1 Å². The van der Waals surface area contributed by atoms with E-state index in [4.69, 9.17) is 16.3 Å². The highest BCUT2D eigenvalue weighted by atomic mass is 35.5. The van der Waals surface area contributed by atoms with Crippen LogP contribution in [-0.4, -0.2) is 21.3 Å². The van der Waals surface area contributed by atoms with Crippen LogP contribution in [0.5, 0.6) is 5.75 Å². The average molecular weight is 282 g/mol. The van der Waals surface area contributed by atoms with Gasteiger partial charge in [-0.25, -0.2) is 0 Å². The molecule has 0 amide bonds. The molecule has 1 aromatic heterocycles. The lowest BCUT2D eigenvalue weighted by Gasteiger charge is -2.07. The van der Waals surface area contributed by atoms with Crippen LogP contribution in [0.3, 0.4) is 0 Å². The number of rotatable bonds is 5. The third kappa shape index (κ3) is 3.23. The van der Waals surface area contributed by atoms with Crippen molar-refractivity contribution in [2.24, 2.45) is 7.05 Å². The predicted octanol–water partition coefficient (Wildman–Crippen LogP) is 2.60. The van der Waals surface area contributed by atoms with Gasteiger partial charge in [-0.1, -0.05) is 11.6 Å². The van der Waals surface area contributed by atoms with Crippen molar-refractivity contribution in [3.05, 3.63) is 51.3 Å². The van der Waals surface area contributed by atoms with Gasteiger partial charge in [0.15, 0.2) is 5.75 Å². The molecular weight excluding hydrogens is 270 g/mol. The molecule has 0 fully saturated rings.